The first-order chi connectivity index (χ1) is 12.3. The Hall–Kier alpha value is -2.95. The van der Waals surface area contributed by atoms with Crippen molar-refractivity contribution in [1.82, 2.24) is 0 Å². The Labute approximate surface area is 152 Å². The summed E-state index contributed by atoms with van der Waals surface area (Å²) in [6.45, 7) is 3.53. The number of hydrogen-bond donors (Lipinski definition) is 1. The number of esters is 1. The Bertz CT molecular complexity index is 935. The lowest BCUT2D eigenvalue weighted by molar-refractivity contribution is -0.150. The first kappa shape index (κ1) is 17.9. The Kier molecular flexibility index (Phi) is 4.64. The molecule has 0 heterocycles. The van der Waals surface area contributed by atoms with E-state index in [0.717, 1.165) is 10.8 Å². The van der Waals surface area contributed by atoms with Gasteiger partial charge in [-0.05, 0) is 16.9 Å². The highest BCUT2D eigenvalue weighted by Crippen LogP contribution is 2.41. The van der Waals surface area contributed by atoms with Gasteiger partial charge in [0.2, 0.25) is 0 Å². The topological polar surface area (TPSA) is 76.0 Å². The summed E-state index contributed by atoms with van der Waals surface area (Å²) in [5.74, 6) is -1.96. The predicted molar refractivity (Wildman–Crippen MR) is 101 cm³/mol. The molecular weight excluding hydrogens is 330 g/mol. The molecule has 1 N–H and O–H groups in total. The molecule has 0 saturated heterocycles. The second-order valence-corrected chi connectivity index (χ2v) is 7.10. The number of aliphatic hydroxyl groups is 1. The van der Waals surface area contributed by atoms with E-state index in [1.807, 2.05) is 42.5 Å². The molecule has 5 nitrogen and oxygen atoms in total. The third kappa shape index (κ3) is 3.12. The highest BCUT2D eigenvalue weighted by molar-refractivity contribution is 6.16. The highest BCUT2D eigenvalue weighted by atomic mass is 16.5. The quantitative estimate of drug-likeness (QED) is 0.666. The number of ether oxygens (including phenoxy) is 1. The summed E-state index contributed by atoms with van der Waals surface area (Å²) in [5.41, 5.74) is 0.0358. The van der Waals surface area contributed by atoms with E-state index in [9.17, 15) is 14.7 Å². The molecule has 0 saturated carbocycles. The minimum Gasteiger partial charge on any atom is -0.511 e. The monoisotopic (exact) mass is 351 g/mol. The molecule has 0 amide bonds. The maximum Gasteiger partial charge on any atom is 0.316 e. The van der Waals surface area contributed by atoms with Crippen LogP contribution in [0.4, 0.5) is 5.69 Å². The van der Waals surface area contributed by atoms with E-state index < -0.39 is 17.3 Å². The molecule has 3 rings (SSSR count). The number of allylic oxidation sites excluding steroid dienone is 1. The van der Waals surface area contributed by atoms with Gasteiger partial charge in [0.1, 0.15) is 11.7 Å². The zero-order valence-electron chi connectivity index (χ0n) is 15.0. The third-order valence-electron chi connectivity index (χ3n) is 4.78. The zero-order valence-corrected chi connectivity index (χ0v) is 15.0. The SMILES string of the molecule is COC(=O)C1C(O)=C(C=Nc2cccc3ccccc23)C(=O)CC1(C)C. The first-order valence-electron chi connectivity index (χ1n) is 8.41. The summed E-state index contributed by atoms with van der Waals surface area (Å²) in [5, 5.41) is 12.6. The van der Waals surface area contributed by atoms with Crippen LogP contribution in [-0.4, -0.2) is 30.2 Å². The van der Waals surface area contributed by atoms with Crippen molar-refractivity contribution in [3.05, 3.63) is 53.8 Å². The van der Waals surface area contributed by atoms with Gasteiger partial charge in [0, 0.05) is 18.0 Å². The van der Waals surface area contributed by atoms with Crippen LogP contribution >= 0.6 is 0 Å². The van der Waals surface area contributed by atoms with E-state index in [-0.39, 0.29) is 23.5 Å². The fourth-order valence-corrected chi connectivity index (χ4v) is 3.42. The second kappa shape index (κ2) is 6.75. The maximum atomic E-state index is 12.5. The molecule has 26 heavy (non-hydrogen) atoms. The van der Waals surface area contributed by atoms with Gasteiger partial charge in [-0.15, -0.1) is 0 Å². The van der Waals surface area contributed by atoms with E-state index in [1.54, 1.807) is 13.8 Å². The largest absolute Gasteiger partial charge is 0.511 e. The Morgan fingerprint density at radius 3 is 2.65 bits per heavy atom. The lowest BCUT2D eigenvalue weighted by Crippen LogP contribution is -2.40. The van der Waals surface area contributed by atoms with Gasteiger partial charge in [0.05, 0.1) is 18.4 Å². The molecule has 134 valence electrons. The van der Waals surface area contributed by atoms with E-state index in [4.69, 9.17) is 4.74 Å². The summed E-state index contributed by atoms with van der Waals surface area (Å²) >= 11 is 0. The number of carbonyl (C=O) groups is 2. The van der Waals surface area contributed by atoms with Crippen LogP contribution in [0.5, 0.6) is 0 Å². The molecular formula is C21H21NO4. The van der Waals surface area contributed by atoms with Crippen LogP contribution in [0.3, 0.4) is 0 Å². The van der Waals surface area contributed by atoms with E-state index in [0.29, 0.717) is 5.69 Å². The van der Waals surface area contributed by atoms with Crippen LogP contribution in [0, 0.1) is 11.3 Å². The van der Waals surface area contributed by atoms with Crippen molar-refractivity contribution < 1.29 is 19.4 Å². The van der Waals surface area contributed by atoms with Crippen LogP contribution in [0.15, 0.2) is 58.8 Å². The average Bonchev–Trinajstić information content (AvgIpc) is 2.60. The third-order valence-corrected chi connectivity index (χ3v) is 4.78. The van der Waals surface area contributed by atoms with Gasteiger partial charge in [-0.25, -0.2) is 0 Å². The Morgan fingerprint density at radius 2 is 1.92 bits per heavy atom. The van der Waals surface area contributed by atoms with Crippen LogP contribution in [0.25, 0.3) is 10.8 Å². The fraction of sp³-hybridized carbons (Fsp3) is 0.286. The van der Waals surface area contributed by atoms with Gasteiger partial charge in [0.25, 0.3) is 0 Å². The van der Waals surface area contributed by atoms with Crippen molar-refractivity contribution >= 4 is 34.4 Å². The van der Waals surface area contributed by atoms with Gasteiger partial charge < -0.3 is 9.84 Å². The van der Waals surface area contributed by atoms with E-state index in [2.05, 4.69) is 4.99 Å². The van der Waals surface area contributed by atoms with Gasteiger partial charge in [0.15, 0.2) is 5.78 Å². The Balaban J connectivity index is 2.05. The summed E-state index contributed by atoms with van der Waals surface area (Å²) in [7, 11) is 1.27. The van der Waals surface area contributed by atoms with E-state index >= 15 is 0 Å². The zero-order chi connectivity index (χ0) is 18.9. The molecule has 2 aromatic rings. The summed E-state index contributed by atoms with van der Waals surface area (Å²) in [6, 6.07) is 13.5. The number of hydrogen-bond acceptors (Lipinski definition) is 5. The molecule has 0 fully saturated rings. The average molecular weight is 351 g/mol. The molecule has 0 bridgehead atoms. The highest BCUT2D eigenvalue weighted by Gasteiger charge is 2.46. The molecule has 1 atom stereocenters. The van der Waals surface area contributed by atoms with Crippen molar-refractivity contribution in [3.63, 3.8) is 0 Å². The van der Waals surface area contributed by atoms with Crippen molar-refractivity contribution in [1.29, 1.82) is 0 Å². The molecule has 0 spiro atoms. The number of aliphatic hydroxyl groups excluding tert-OH is 1. The molecule has 2 aromatic carbocycles. The molecule has 0 aliphatic heterocycles. The fourth-order valence-electron chi connectivity index (χ4n) is 3.42. The lowest BCUT2D eigenvalue weighted by atomic mass is 9.68. The molecule has 1 aliphatic carbocycles. The number of aliphatic imine (C=N–C) groups is 1. The number of nitrogens with zero attached hydrogens (tertiary/aromatic N) is 1. The van der Waals surface area contributed by atoms with Crippen molar-refractivity contribution in [2.45, 2.75) is 20.3 Å². The number of fused-ring (bicyclic) bond motifs is 1. The summed E-state index contributed by atoms with van der Waals surface area (Å²) in [4.78, 5) is 29.0. The van der Waals surface area contributed by atoms with Crippen LogP contribution in [0.1, 0.15) is 20.3 Å². The molecule has 0 radical (unpaired) electrons. The molecule has 1 unspecified atom stereocenters. The maximum absolute atomic E-state index is 12.5. The van der Waals surface area contributed by atoms with Crippen molar-refractivity contribution in [2.24, 2.45) is 16.3 Å². The summed E-state index contributed by atoms with van der Waals surface area (Å²) < 4.78 is 4.81. The predicted octanol–water partition coefficient (Wildman–Crippen LogP) is 4.14. The van der Waals surface area contributed by atoms with Gasteiger partial charge in [-0.3, -0.25) is 14.6 Å². The minimum absolute atomic E-state index is 0.0626. The van der Waals surface area contributed by atoms with Crippen molar-refractivity contribution in [2.75, 3.05) is 7.11 Å². The standard InChI is InChI=1S/C21H21NO4/c1-21(2)11-17(23)15(19(24)18(21)20(25)26-3)12-22-16-10-6-8-13-7-4-5-9-14(13)16/h4-10,12,18,24H,11H2,1-3H3. The molecule has 1 aliphatic rings. The summed E-state index contributed by atoms with van der Waals surface area (Å²) in [6.07, 6.45) is 1.48. The second-order valence-electron chi connectivity index (χ2n) is 7.10. The number of Topliss-reactive ketones (excluding diaryl/α,β-unsaturated/α-hetero) is 1. The minimum atomic E-state index is -0.890. The normalized spacial score (nSPS) is 20.0. The number of benzene rings is 2. The van der Waals surface area contributed by atoms with Crippen LogP contribution in [0.2, 0.25) is 0 Å². The van der Waals surface area contributed by atoms with Gasteiger partial charge in [-0.1, -0.05) is 50.2 Å². The number of ketones is 1. The van der Waals surface area contributed by atoms with Gasteiger partial charge >= 0.3 is 5.97 Å². The lowest BCUT2D eigenvalue weighted by Gasteiger charge is -2.35. The smallest absolute Gasteiger partial charge is 0.316 e. The number of methoxy groups -OCH3 is 1. The van der Waals surface area contributed by atoms with Crippen molar-refractivity contribution in [3.8, 4) is 0 Å². The van der Waals surface area contributed by atoms with Gasteiger partial charge in [-0.2, -0.15) is 0 Å². The van der Waals surface area contributed by atoms with E-state index in [1.165, 1.54) is 13.3 Å². The molecule has 0 aromatic heterocycles. The molecule has 5 heteroatoms. The van der Waals surface area contributed by atoms with Crippen LogP contribution in [-0.2, 0) is 14.3 Å². The first-order valence-corrected chi connectivity index (χ1v) is 8.41. The van der Waals surface area contributed by atoms with Crippen LogP contribution < -0.4 is 0 Å². The number of carbonyl (C=O) groups excluding carboxylic acids is 2. The number of rotatable bonds is 3. The Morgan fingerprint density at radius 1 is 1.23 bits per heavy atom.